The molecule has 0 fully saturated rings. The van der Waals surface area contributed by atoms with Crippen molar-refractivity contribution in [3.05, 3.63) is 99.9 Å². The van der Waals surface area contributed by atoms with Crippen molar-refractivity contribution in [2.24, 2.45) is 0 Å². The number of rotatable bonds is 9. The highest BCUT2D eigenvalue weighted by Crippen LogP contribution is 2.23. The maximum absolute atomic E-state index is 13.6. The maximum atomic E-state index is 13.6. The summed E-state index contributed by atoms with van der Waals surface area (Å²) in [5.41, 5.74) is -0.496. The number of nitro benzene ring substituents is 1. The van der Waals surface area contributed by atoms with E-state index in [0.29, 0.717) is 0 Å². The van der Waals surface area contributed by atoms with Crippen molar-refractivity contribution in [3.63, 3.8) is 0 Å². The molecule has 0 bridgehead atoms. The van der Waals surface area contributed by atoms with Crippen molar-refractivity contribution in [3.8, 4) is 0 Å². The van der Waals surface area contributed by atoms with Gasteiger partial charge in [-0.15, -0.1) is 0 Å². The largest absolute Gasteiger partial charge is 0.452 e. The summed E-state index contributed by atoms with van der Waals surface area (Å²) in [6.45, 7) is -0.790. The normalized spacial score (nSPS) is 10.9. The summed E-state index contributed by atoms with van der Waals surface area (Å²) in [4.78, 5) is 34.3. The summed E-state index contributed by atoms with van der Waals surface area (Å²) in [5, 5.41) is 13.3. The lowest BCUT2D eigenvalue weighted by Crippen LogP contribution is -2.29. The number of carbonyl (C=O) groups excluding carboxylic acids is 2. The second-order valence-corrected chi connectivity index (χ2v) is 8.53. The molecule has 176 valence electrons. The van der Waals surface area contributed by atoms with Gasteiger partial charge in [-0.2, -0.15) is 0 Å². The van der Waals surface area contributed by atoms with Crippen LogP contribution in [-0.2, 0) is 26.1 Å². The molecule has 3 aromatic carbocycles. The average molecular weight is 487 g/mol. The molecule has 0 unspecified atom stereocenters. The number of nitrogens with zero attached hydrogens (tertiary/aromatic N) is 1. The number of ether oxygens (including phenoxy) is 1. The monoisotopic (exact) mass is 487 g/mol. The zero-order valence-electron chi connectivity index (χ0n) is 17.4. The number of halogens is 1. The molecule has 0 saturated heterocycles. The third-order valence-electron chi connectivity index (χ3n) is 4.50. The van der Waals surface area contributed by atoms with Gasteiger partial charge in [0.15, 0.2) is 6.61 Å². The molecule has 0 aliphatic heterocycles. The van der Waals surface area contributed by atoms with E-state index < -0.39 is 44.9 Å². The minimum absolute atomic E-state index is 0.108. The quantitative estimate of drug-likeness (QED) is 0.268. The van der Waals surface area contributed by atoms with E-state index in [1.165, 1.54) is 48.5 Å². The minimum atomic E-state index is -4.28. The van der Waals surface area contributed by atoms with Gasteiger partial charge in [-0.3, -0.25) is 19.6 Å². The molecule has 3 rings (SSSR count). The van der Waals surface area contributed by atoms with Gasteiger partial charge in [0.05, 0.1) is 21.1 Å². The van der Waals surface area contributed by atoms with E-state index in [-0.39, 0.29) is 28.3 Å². The molecule has 0 saturated carbocycles. The number of non-ortho nitro benzene ring substituents is 1. The summed E-state index contributed by atoms with van der Waals surface area (Å²) in [6, 6.07) is 15.7. The SMILES string of the molecule is O=C(COC(=O)c1ccccc1NS(=O)(=O)c1cccc([N+](=O)[O-])c1)NCc1ccccc1F. The number of benzene rings is 3. The van der Waals surface area contributed by atoms with Gasteiger partial charge in [-0.1, -0.05) is 36.4 Å². The van der Waals surface area contributed by atoms with Crippen LogP contribution in [-0.4, -0.2) is 31.8 Å². The number of amides is 1. The van der Waals surface area contributed by atoms with Crippen molar-refractivity contribution in [1.29, 1.82) is 0 Å². The van der Waals surface area contributed by atoms with Gasteiger partial charge >= 0.3 is 5.97 Å². The number of nitrogens with one attached hydrogen (secondary N) is 2. The standard InChI is InChI=1S/C22H18FN3O7S/c23-19-10-3-1-6-15(19)13-24-21(27)14-33-22(28)18-9-2-4-11-20(18)25-34(31,32)17-8-5-7-16(12-17)26(29)30/h1-12,25H,13-14H2,(H,24,27). The molecule has 3 aromatic rings. The summed E-state index contributed by atoms with van der Waals surface area (Å²) in [6.07, 6.45) is 0. The van der Waals surface area contributed by atoms with Crippen LogP contribution in [0.25, 0.3) is 0 Å². The van der Waals surface area contributed by atoms with E-state index in [2.05, 4.69) is 10.0 Å². The van der Waals surface area contributed by atoms with Gasteiger partial charge in [0.25, 0.3) is 21.6 Å². The van der Waals surface area contributed by atoms with Crippen molar-refractivity contribution in [2.45, 2.75) is 11.4 Å². The number of hydrogen-bond donors (Lipinski definition) is 2. The van der Waals surface area contributed by atoms with Crippen LogP contribution in [0.2, 0.25) is 0 Å². The fraction of sp³-hybridized carbons (Fsp3) is 0.0909. The molecule has 0 aliphatic carbocycles. The smallest absolute Gasteiger partial charge is 0.340 e. The average Bonchev–Trinajstić information content (AvgIpc) is 2.82. The molecule has 10 nitrogen and oxygen atoms in total. The first-order valence-electron chi connectivity index (χ1n) is 9.71. The Labute approximate surface area is 193 Å². The molecule has 2 N–H and O–H groups in total. The topological polar surface area (TPSA) is 145 Å². The van der Waals surface area contributed by atoms with Crippen LogP contribution < -0.4 is 10.0 Å². The molecule has 0 radical (unpaired) electrons. The highest BCUT2D eigenvalue weighted by atomic mass is 32.2. The van der Waals surface area contributed by atoms with Crippen LogP contribution >= 0.6 is 0 Å². The van der Waals surface area contributed by atoms with E-state index in [1.807, 2.05) is 0 Å². The number of esters is 1. The van der Waals surface area contributed by atoms with Crippen LogP contribution in [0.1, 0.15) is 15.9 Å². The van der Waals surface area contributed by atoms with Crippen molar-refractivity contribution < 1.29 is 32.1 Å². The molecule has 12 heteroatoms. The van der Waals surface area contributed by atoms with Crippen LogP contribution in [0.4, 0.5) is 15.8 Å². The molecule has 0 spiro atoms. The number of carbonyl (C=O) groups is 2. The Morgan fingerprint density at radius 2 is 1.71 bits per heavy atom. The molecule has 0 heterocycles. The Kier molecular flexibility index (Phi) is 7.53. The maximum Gasteiger partial charge on any atom is 0.340 e. The summed E-state index contributed by atoms with van der Waals surface area (Å²) < 4.78 is 46.1. The molecule has 1 amide bonds. The highest BCUT2D eigenvalue weighted by Gasteiger charge is 2.21. The van der Waals surface area contributed by atoms with Gasteiger partial charge in [0.2, 0.25) is 0 Å². The van der Waals surface area contributed by atoms with Gasteiger partial charge in [0, 0.05) is 24.2 Å². The Bertz CT molecular complexity index is 1350. The van der Waals surface area contributed by atoms with Crippen LogP contribution in [0.15, 0.2) is 77.7 Å². The first-order chi connectivity index (χ1) is 16.2. The van der Waals surface area contributed by atoms with E-state index in [4.69, 9.17) is 4.74 Å². The second kappa shape index (κ2) is 10.5. The molecule has 0 aromatic heterocycles. The predicted molar refractivity (Wildman–Crippen MR) is 119 cm³/mol. The van der Waals surface area contributed by atoms with Crippen molar-refractivity contribution in [2.75, 3.05) is 11.3 Å². The lowest BCUT2D eigenvalue weighted by atomic mass is 10.2. The Morgan fingerprint density at radius 3 is 2.44 bits per heavy atom. The number of hydrogen-bond acceptors (Lipinski definition) is 7. The summed E-state index contributed by atoms with van der Waals surface area (Å²) in [5.74, 6) is -2.17. The minimum Gasteiger partial charge on any atom is -0.452 e. The zero-order chi connectivity index (χ0) is 24.7. The molecule has 34 heavy (non-hydrogen) atoms. The Morgan fingerprint density at radius 1 is 1.00 bits per heavy atom. The van der Waals surface area contributed by atoms with E-state index in [9.17, 15) is 32.5 Å². The first kappa shape index (κ1) is 24.3. The Balaban J connectivity index is 1.66. The van der Waals surface area contributed by atoms with Crippen molar-refractivity contribution >= 4 is 33.3 Å². The van der Waals surface area contributed by atoms with Crippen LogP contribution in [0.3, 0.4) is 0 Å². The van der Waals surface area contributed by atoms with E-state index in [1.54, 1.807) is 6.07 Å². The van der Waals surface area contributed by atoms with Crippen LogP contribution in [0.5, 0.6) is 0 Å². The second-order valence-electron chi connectivity index (χ2n) is 6.85. The van der Waals surface area contributed by atoms with Crippen LogP contribution in [0, 0.1) is 15.9 Å². The van der Waals surface area contributed by atoms with E-state index >= 15 is 0 Å². The van der Waals surface area contributed by atoms with E-state index in [0.717, 1.165) is 18.2 Å². The third kappa shape index (κ3) is 6.13. The number of anilines is 1. The van der Waals surface area contributed by atoms with Gasteiger partial charge in [-0.05, 0) is 24.3 Å². The first-order valence-corrected chi connectivity index (χ1v) is 11.2. The molecule has 0 atom stereocenters. The lowest BCUT2D eigenvalue weighted by molar-refractivity contribution is -0.385. The summed E-state index contributed by atoms with van der Waals surface area (Å²) >= 11 is 0. The molecule has 0 aliphatic rings. The van der Waals surface area contributed by atoms with Gasteiger partial charge < -0.3 is 10.1 Å². The number of para-hydroxylation sites is 1. The fourth-order valence-electron chi connectivity index (χ4n) is 2.81. The zero-order valence-corrected chi connectivity index (χ0v) is 18.3. The van der Waals surface area contributed by atoms with Gasteiger partial charge in [-0.25, -0.2) is 17.6 Å². The number of nitro groups is 1. The van der Waals surface area contributed by atoms with Crippen molar-refractivity contribution in [1.82, 2.24) is 5.32 Å². The molecular formula is C22H18FN3O7S. The lowest BCUT2D eigenvalue weighted by Gasteiger charge is -2.12. The Hall–Kier alpha value is -4.32. The number of sulfonamides is 1. The predicted octanol–water partition coefficient (Wildman–Crippen LogP) is 3.01. The fourth-order valence-corrected chi connectivity index (χ4v) is 3.93. The molecular weight excluding hydrogens is 469 g/mol. The highest BCUT2D eigenvalue weighted by molar-refractivity contribution is 7.92. The summed E-state index contributed by atoms with van der Waals surface area (Å²) in [7, 11) is -4.28. The van der Waals surface area contributed by atoms with Gasteiger partial charge in [0.1, 0.15) is 5.82 Å². The third-order valence-corrected chi connectivity index (χ3v) is 5.86.